The third kappa shape index (κ3) is 93.2. The summed E-state index contributed by atoms with van der Waals surface area (Å²) in [5.74, 6) is 4.30. The molecule has 0 aromatic carbocycles. The molecule has 0 aliphatic carbocycles. The fourth-order valence-corrected chi connectivity index (χ4v) is 7.48. The Morgan fingerprint density at radius 1 is 0.173 bits per heavy atom. The molecule has 18 nitrogen and oxygen atoms in total. The molecule has 0 aliphatic heterocycles. The van der Waals surface area contributed by atoms with Crippen molar-refractivity contribution in [3.05, 3.63) is 0 Å². The van der Waals surface area contributed by atoms with Crippen molar-refractivity contribution in [2.45, 2.75) is 236 Å². The van der Waals surface area contributed by atoms with E-state index in [2.05, 4.69) is 62.3 Å². The first kappa shape index (κ1) is 99.3. The van der Waals surface area contributed by atoms with Crippen LogP contribution in [-0.4, -0.2) is 164 Å². The van der Waals surface area contributed by atoms with E-state index >= 15 is 0 Å². The van der Waals surface area contributed by atoms with Crippen LogP contribution in [0.5, 0.6) is 0 Å². The van der Waals surface area contributed by atoms with Crippen LogP contribution in [0.15, 0.2) is 0 Å². The highest BCUT2D eigenvalue weighted by atomic mass is 16.3. The maximum absolute atomic E-state index is 8.79. The second kappa shape index (κ2) is 95.6. The van der Waals surface area contributed by atoms with Crippen molar-refractivity contribution in [1.82, 2.24) is 0 Å². The number of aliphatic hydroxyl groups excluding tert-OH is 9. The number of aliphatic hydroxyl groups is 9. The molecule has 504 valence electrons. The van der Waals surface area contributed by atoms with Crippen LogP contribution in [-0.2, 0) is 0 Å². The Bertz CT molecular complexity index is 775. The molecule has 0 heterocycles. The molecule has 81 heavy (non-hydrogen) atoms. The number of rotatable bonds is 45. The van der Waals surface area contributed by atoms with Gasteiger partial charge in [0.05, 0.1) is 0 Å². The van der Waals surface area contributed by atoms with Gasteiger partial charge in [-0.15, -0.1) is 0 Å². The van der Waals surface area contributed by atoms with Gasteiger partial charge in [-0.05, 0) is 221 Å². The van der Waals surface area contributed by atoms with Gasteiger partial charge in [0, 0.05) is 59.5 Å². The quantitative estimate of drug-likeness (QED) is 0.0282. The lowest BCUT2D eigenvalue weighted by atomic mass is 10.0. The number of hydrogen-bond donors (Lipinski definition) is 18. The monoisotopic (exact) mass is 1180 g/mol. The summed E-state index contributed by atoms with van der Waals surface area (Å²) < 4.78 is 0. The molecule has 0 saturated carbocycles. The summed E-state index contributed by atoms with van der Waals surface area (Å²) in [7, 11) is 0. The molecule has 0 aromatic rings. The average molecular weight is 1180 g/mol. The molecular formula is C63H153N9O9. The number of hydrogen-bond acceptors (Lipinski definition) is 18. The van der Waals surface area contributed by atoms with Gasteiger partial charge >= 0.3 is 0 Å². The third-order valence-electron chi connectivity index (χ3n) is 14.9. The van der Waals surface area contributed by atoms with Crippen molar-refractivity contribution in [2.75, 3.05) is 118 Å². The van der Waals surface area contributed by atoms with Gasteiger partial charge in [0.25, 0.3) is 0 Å². The third-order valence-corrected chi connectivity index (χ3v) is 14.9. The Morgan fingerprint density at radius 2 is 0.296 bits per heavy atom. The van der Waals surface area contributed by atoms with Crippen molar-refractivity contribution >= 4 is 0 Å². The van der Waals surface area contributed by atoms with E-state index in [4.69, 9.17) is 97.6 Å². The predicted molar refractivity (Wildman–Crippen MR) is 352 cm³/mol. The van der Waals surface area contributed by atoms with E-state index in [1.54, 1.807) is 0 Å². The van der Waals surface area contributed by atoms with Crippen LogP contribution >= 0.6 is 0 Å². The van der Waals surface area contributed by atoms with E-state index in [-0.39, 0.29) is 6.61 Å². The maximum atomic E-state index is 8.79. The molecule has 0 amide bonds. The Morgan fingerprint density at radius 3 is 0.383 bits per heavy atom. The van der Waals surface area contributed by atoms with Gasteiger partial charge in [-0.1, -0.05) is 127 Å². The smallest absolute Gasteiger partial charge is 0.0459 e. The standard InChI is InChI=1S/C8H19NO.7C7H17NO.C6H15NO/c1-2-8(7-10)5-3-4-6-9;7*1-2-7(6-9)4-3-5-8;1-2-6(5-8)3-4-7/h8,10H,2-7,9H2,1H3;7*7,9H,2-6,8H2,1H3;6,8H,2-5,7H2,1H3. The molecule has 0 aliphatic rings. The van der Waals surface area contributed by atoms with Crippen molar-refractivity contribution in [3.63, 3.8) is 0 Å². The van der Waals surface area contributed by atoms with Crippen LogP contribution in [0.3, 0.4) is 0 Å². The Labute approximate surface area is 503 Å². The van der Waals surface area contributed by atoms with Crippen molar-refractivity contribution in [1.29, 1.82) is 0 Å². The van der Waals surface area contributed by atoms with Crippen LogP contribution in [0.4, 0.5) is 0 Å². The molecule has 0 fully saturated rings. The van der Waals surface area contributed by atoms with Crippen molar-refractivity contribution in [2.24, 2.45) is 105 Å². The summed E-state index contributed by atoms with van der Waals surface area (Å²) in [5, 5.41) is 78.4. The summed E-state index contributed by atoms with van der Waals surface area (Å²) in [6.45, 7) is 28.4. The first-order valence-corrected chi connectivity index (χ1v) is 32.9. The molecule has 0 saturated heterocycles. The maximum Gasteiger partial charge on any atom is 0.0459 e. The van der Waals surface area contributed by atoms with Gasteiger partial charge in [0.1, 0.15) is 0 Å². The first-order chi connectivity index (χ1) is 39.1. The lowest BCUT2D eigenvalue weighted by Crippen LogP contribution is -2.10. The second-order valence-electron chi connectivity index (χ2n) is 21.5. The van der Waals surface area contributed by atoms with E-state index in [1.165, 1.54) is 0 Å². The fraction of sp³-hybridized carbons (Fsp3) is 1.00. The predicted octanol–water partition coefficient (Wildman–Crippen LogP) is 6.69. The van der Waals surface area contributed by atoms with Crippen molar-refractivity contribution < 1.29 is 46.0 Å². The molecule has 9 unspecified atom stereocenters. The van der Waals surface area contributed by atoms with E-state index in [9.17, 15) is 0 Å². The molecule has 0 aromatic heterocycles. The fourth-order valence-electron chi connectivity index (χ4n) is 7.48. The molecule has 27 N–H and O–H groups in total. The summed E-state index contributed by atoms with van der Waals surface area (Å²) in [6, 6.07) is 0. The van der Waals surface area contributed by atoms with Gasteiger partial charge in [-0.25, -0.2) is 0 Å². The van der Waals surface area contributed by atoms with Crippen LogP contribution in [0.2, 0.25) is 0 Å². The van der Waals surface area contributed by atoms with Crippen LogP contribution < -0.4 is 51.6 Å². The molecule has 0 bridgehead atoms. The molecular weight excluding hydrogens is 1030 g/mol. The SMILES string of the molecule is CCC(CO)CCCCN.CCC(CO)CCCN.CCC(CO)CCCN.CCC(CO)CCCN.CCC(CO)CCCN.CCC(CO)CCCN.CCC(CO)CCCN.CCC(CO)CCCN.CCC(CO)CCN. The van der Waals surface area contributed by atoms with Crippen molar-refractivity contribution in [3.8, 4) is 0 Å². The topological polar surface area (TPSA) is 416 Å². The highest BCUT2D eigenvalue weighted by Gasteiger charge is 2.07. The zero-order valence-electron chi connectivity index (χ0n) is 55.2. The molecule has 18 heteroatoms. The summed E-state index contributed by atoms with van der Waals surface area (Å²) in [4.78, 5) is 0. The zero-order valence-corrected chi connectivity index (χ0v) is 55.2. The van der Waals surface area contributed by atoms with E-state index in [0.717, 1.165) is 226 Å². The Balaban J connectivity index is -0.000000103. The van der Waals surface area contributed by atoms with Crippen LogP contribution in [0.1, 0.15) is 236 Å². The van der Waals surface area contributed by atoms with Gasteiger partial charge < -0.3 is 97.6 Å². The lowest BCUT2D eigenvalue weighted by Gasteiger charge is -2.09. The van der Waals surface area contributed by atoms with E-state index in [1.807, 2.05) is 0 Å². The van der Waals surface area contributed by atoms with Crippen LogP contribution in [0, 0.1) is 53.3 Å². The largest absolute Gasteiger partial charge is 0.396 e. The minimum Gasteiger partial charge on any atom is -0.396 e. The zero-order chi connectivity index (χ0) is 64.0. The minimum absolute atomic E-state index is 0.285. The summed E-state index contributed by atoms with van der Waals surface area (Å²) in [5.41, 5.74) is 47.7. The number of nitrogens with two attached hydrogens (primary N) is 9. The van der Waals surface area contributed by atoms with Gasteiger partial charge in [0.15, 0.2) is 0 Å². The Hall–Kier alpha value is -0.720. The lowest BCUT2D eigenvalue weighted by molar-refractivity contribution is 0.212. The molecule has 0 radical (unpaired) electrons. The van der Waals surface area contributed by atoms with Crippen LogP contribution in [0.25, 0.3) is 0 Å². The average Bonchev–Trinajstić information content (AvgIpc) is 3.51. The first-order valence-electron chi connectivity index (χ1n) is 32.9. The summed E-state index contributed by atoms with van der Waals surface area (Å²) in [6.07, 6.45) is 28.7. The molecule has 9 atom stereocenters. The molecule has 0 spiro atoms. The highest BCUT2D eigenvalue weighted by Crippen LogP contribution is 2.13. The highest BCUT2D eigenvalue weighted by molar-refractivity contribution is 4.60. The normalized spacial score (nSPS) is 13.7. The van der Waals surface area contributed by atoms with E-state index in [0.29, 0.717) is 113 Å². The van der Waals surface area contributed by atoms with E-state index < -0.39 is 0 Å². The number of unbranched alkanes of at least 4 members (excludes halogenated alkanes) is 1. The second-order valence-corrected chi connectivity index (χ2v) is 21.5. The Kier molecular flexibility index (Phi) is 117. The molecule has 0 rings (SSSR count). The van der Waals surface area contributed by atoms with Gasteiger partial charge in [-0.2, -0.15) is 0 Å². The van der Waals surface area contributed by atoms with Gasteiger partial charge in [0.2, 0.25) is 0 Å². The minimum atomic E-state index is 0.285. The summed E-state index contributed by atoms with van der Waals surface area (Å²) >= 11 is 0. The van der Waals surface area contributed by atoms with Gasteiger partial charge in [-0.3, -0.25) is 0 Å².